The molecule has 3 rings (SSSR count). The first-order valence-corrected chi connectivity index (χ1v) is 7.20. The van der Waals surface area contributed by atoms with Crippen molar-refractivity contribution in [2.45, 2.75) is 64.5 Å². The summed E-state index contributed by atoms with van der Waals surface area (Å²) in [6.07, 6.45) is 4.83. The van der Waals surface area contributed by atoms with Crippen LogP contribution >= 0.6 is 0 Å². The number of carbonyl (C=O) groups is 1. The van der Waals surface area contributed by atoms with Gasteiger partial charge in [-0.05, 0) is 58.3 Å². The minimum Gasteiger partial charge on any atom is -0.350 e. The second-order valence-corrected chi connectivity index (χ2v) is 7.03. The van der Waals surface area contributed by atoms with Gasteiger partial charge in [-0.3, -0.25) is 9.79 Å². The summed E-state index contributed by atoms with van der Waals surface area (Å²) in [4.78, 5) is 16.6. The van der Waals surface area contributed by atoms with Crippen LogP contribution in [-0.4, -0.2) is 22.7 Å². The number of amides is 1. The van der Waals surface area contributed by atoms with Crippen molar-refractivity contribution in [2.24, 2.45) is 22.7 Å². The van der Waals surface area contributed by atoms with Crippen LogP contribution in [0.4, 0.5) is 0 Å². The fourth-order valence-corrected chi connectivity index (χ4v) is 4.90. The molecular formula is C15H24N2O. The predicted octanol–water partition coefficient (Wildman–Crippen LogP) is 2.55. The van der Waals surface area contributed by atoms with Gasteiger partial charge >= 0.3 is 0 Å². The lowest BCUT2D eigenvalue weighted by Gasteiger charge is -2.60. The molecule has 0 saturated heterocycles. The summed E-state index contributed by atoms with van der Waals surface area (Å²) in [7, 11) is 0. The molecular weight excluding hydrogens is 224 g/mol. The van der Waals surface area contributed by atoms with E-state index in [1.165, 1.54) is 31.4 Å². The quantitative estimate of drug-likeness (QED) is 0.761. The van der Waals surface area contributed by atoms with Crippen molar-refractivity contribution in [3.63, 3.8) is 0 Å². The Balaban J connectivity index is 2.04. The number of hydrogen-bond donors (Lipinski definition) is 1. The molecule has 0 aromatic heterocycles. The summed E-state index contributed by atoms with van der Waals surface area (Å²) in [5.74, 6) is 1.90. The van der Waals surface area contributed by atoms with Gasteiger partial charge in [-0.1, -0.05) is 0 Å². The van der Waals surface area contributed by atoms with Crippen LogP contribution in [0.25, 0.3) is 0 Å². The Morgan fingerprint density at radius 1 is 1.33 bits per heavy atom. The number of nitrogens with zero attached hydrogens (tertiary/aromatic N) is 1. The van der Waals surface area contributed by atoms with Crippen molar-refractivity contribution in [2.75, 3.05) is 0 Å². The predicted molar refractivity (Wildman–Crippen MR) is 72.7 cm³/mol. The fourth-order valence-electron chi connectivity index (χ4n) is 4.90. The standard InChI is InChI=1S/C15H24N2O/c1-9-13-8-12-7-11(5-6-14(12,3)16-9)15(13,4)17-10(2)18/h11-13H,5-8H2,1-4H3,(H,17,18)/t11?,12?,13?,14-,15+/m1/s1. The van der Waals surface area contributed by atoms with E-state index in [4.69, 9.17) is 4.99 Å². The monoisotopic (exact) mass is 248 g/mol. The number of rotatable bonds is 1. The second kappa shape index (κ2) is 3.58. The summed E-state index contributed by atoms with van der Waals surface area (Å²) in [6.45, 7) is 8.37. The highest BCUT2D eigenvalue weighted by Crippen LogP contribution is 2.56. The lowest BCUT2D eigenvalue weighted by atomic mass is 9.51. The van der Waals surface area contributed by atoms with E-state index in [0.29, 0.717) is 11.8 Å². The molecule has 0 radical (unpaired) electrons. The molecule has 3 nitrogen and oxygen atoms in total. The summed E-state index contributed by atoms with van der Waals surface area (Å²) in [5.41, 5.74) is 1.38. The summed E-state index contributed by atoms with van der Waals surface area (Å²) >= 11 is 0. The van der Waals surface area contributed by atoms with Gasteiger partial charge in [0.1, 0.15) is 0 Å². The maximum Gasteiger partial charge on any atom is 0.217 e. The van der Waals surface area contributed by atoms with Crippen LogP contribution in [0.3, 0.4) is 0 Å². The Morgan fingerprint density at radius 2 is 2.06 bits per heavy atom. The first-order chi connectivity index (χ1) is 8.35. The maximum absolute atomic E-state index is 11.6. The highest BCUT2D eigenvalue weighted by atomic mass is 16.1. The third-order valence-electron chi connectivity index (χ3n) is 5.92. The molecule has 0 aromatic carbocycles. The molecule has 1 N–H and O–H groups in total. The molecule has 3 unspecified atom stereocenters. The molecule has 5 atom stereocenters. The van der Waals surface area contributed by atoms with Gasteiger partial charge in [0, 0.05) is 24.1 Å². The van der Waals surface area contributed by atoms with Crippen LogP contribution in [0.5, 0.6) is 0 Å². The van der Waals surface area contributed by atoms with Gasteiger partial charge in [0.2, 0.25) is 5.91 Å². The van der Waals surface area contributed by atoms with Crippen molar-refractivity contribution in [1.82, 2.24) is 5.32 Å². The zero-order valence-corrected chi connectivity index (χ0v) is 11.9. The SMILES string of the molecule is CC(=O)N[C@@]1(C)C2CC[C@@]3(C)N=C(C)C1CC3C2. The Morgan fingerprint density at radius 3 is 2.72 bits per heavy atom. The number of carbonyl (C=O) groups excluding carboxylic acids is 1. The Kier molecular flexibility index (Phi) is 2.43. The maximum atomic E-state index is 11.6. The molecule has 3 bridgehead atoms. The molecule has 0 spiro atoms. The van der Waals surface area contributed by atoms with E-state index >= 15 is 0 Å². The van der Waals surface area contributed by atoms with Crippen molar-refractivity contribution in [3.8, 4) is 0 Å². The first-order valence-electron chi connectivity index (χ1n) is 7.20. The number of aliphatic imine (C=N–C) groups is 1. The zero-order chi connectivity index (χ0) is 13.1. The van der Waals surface area contributed by atoms with Crippen LogP contribution in [0.2, 0.25) is 0 Å². The van der Waals surface area contributed by atoms with Crippen molar-refractivity contribution < 1.29 is 4.79 Å². The van der Waals surface area contributed by atoms with E-state index in [2.05, 4.69) is 26.1 Å². The number of nitrogens with one attached hydrogen (secondary N) is 1. The highest BCUT2D eigenvalue weighted by molar-refractivity contribution is 5.88. The van der Waals surface area contributed by atoms with E-state index in [-0.39, 0.29) is 17.0 Å². The molecule has 2 saturated carbocycles. The molecule has 100 valence electrons. The number of hydrogen-bond acceptors (Lipinski definition) is 2. The van der Waals surface area contributed by atoms with Crippen LogP contribution in [0.1, 0.15) is 53.4 Å². The molecule has 18 heavy (non-hydrogen) atoms. The second-order valence-electron chi connectivity index (χ2n) is 7.03. The average Bonchev–Trinajstić information content (AvgIpc) is 2.25. The first kappa shape index (κ1) is 12.2. The molecule has 1 heterocycles. The molecule has 1 aliphatic heterocycles. The highest BCUT2D eigenvalue weighted by Gasteiger charge is 2.57. The fraction of sp³-hybridized carbons (Fsp3) is 0.867. The van der Waals surface area contributed by atoms with Gasteiger partial charge in [-0.15, -0.1) is 0 Å². The minimum atomic E-state index is -0.0718. The van der Waals surface area contributed by atoms with E-state index in [9.17, 15) is 4.79 Å². The Labute approximate surface area is 109 Å². The molecule has 0 aromatic rings. The summed E-state index contributed by atoms with van der Waals surface area (Å²) < 4.78 is 0. The van der Waals surface area contributed by atoms with Gasteiger partial charge < -0.3 is 5.32 Å². The molecule has 3 heteroatoms. The van der Waals surface area contributed by atoms with Crippen LogP contribution < -0.4 is 5.32 Å². The Bertz CT molecular complexity index is 430. The molecule has 1 amide bonds. The molecule has 2 aliphatic carbocycles. The Hall–Kier alpha value is -0.860. The van der Waals surface area contributed by atoms with Gasteiger partial charge in [-0.25, -0.2) is 0 Å². The van der Waals surface area contributed by atoms with E-state index in [0.717, 1.165) is 5.92 Å². The van der Waals surface area contributed by atoms with E-state index in [1.54, 1.807) is 6.92 Å². The van der Waals surface area contributed by atoms with Gasteiger partial charge in [0.25, 0.3) is 0 Å². The number of fused-ring (bicyclic) bond motifs is 2. The summed E-state index contributed by atoms with van der Waals surface area (Å²) in [6, 6.07) is 0. The van der Waals surface area contributed by atoms with Gasteiger partial charge in [0.05, 0.1) is 5.54 Å². The van der Waals surface area contributed by atoms with E-state index in [1.807, 2.05) is 0 Å². The summed E-state index contributed by atoms with van der Waals surface area (Å²) in [5, 5.41) is 3.26. The zero-order valence-electron chi connectivity index (χ0n) is 11.9. The van der Waals surface area contributed by atoms with Crippen LogP contribution in [0, 0.1) is 17.8 Å². The van der Waals surface area contributed by atoms with Crippen molar-refractivity contribution in [3.05, 3.63) is 0 Å². The molecule has 2 fully saturated rings. The lowest BCUT2D eigenvalue weighted by molar-refractivity contribution is -0.123. The normalized spacial score (nSPS) is 49.8. The largest absolute Gasteiger partial charge is 0.350 e. The lowest BCUT2D eigenvalue weighted by Crippen LogP contribution is -2.66. The average molecular weight is 248 g/mol. The van der Waals surface area contributed by atoms with Crippen molar-refractivity contribution in [1.29, 1.82) is 0 Å². The third-order valence-corrected chi connectivity index (χ3v) is 5.92. The van der Waals surface area contributed by atoms with Gasteiger partial charge in [-0.2, -0.15) is 0 Å². The minimum absolute atomic E-state index is 0.0718. The van der Waals surface area contributed by atoms with Crippen LogP contribution in [-0.2, 0) is 4.79 Å². The van der Waals surface area contributed by atoms with Gasteiger partial charge in [0.15, 0.2) is 0 Å². The smallest absolute Gasteiger partial charge is 0.217 e. The van der Waals surface area contributed by atoms with Crippen LogP contribution in [0.15, 0.2) is 4.99 Å². The van der Waals surface area contributed by atoms with Crippen molar-refractivity contribution >= 4 is 11.6 Å². The molecule has 3 aliphatic rings. The topological polar surface area (TPSA) is 41.5 Å². The third kappa shape index (κ3) is 1.49. The van der Waals surface area contributed by atoms with E-state index < -0.39 is 0 Å².